The van der Waals surface area contributed by atoms with Gasteiger partial charge in [-0.05, 0) is 40.2 Å². The van der Waals surface area contributed by atoms with Crippen molar-refractivity contribution in [3.63, 3.8) is 0 Å². The Bertz CT molecular complexity index is 707. The minimum Gasteiger partial charge on any atom is -0.457 e. The molecule has 7 heteroatoms. The second-order valence-corrected chi connectivity index (χ2v) is 7.35. The van der Waals surface area contributed by atoms with Crippen molar-refractivity contribution in [2.24, 2.45) is 5.92 Å². The van der Waals surface area contributed by atoms with Crippen LogP contribution in [0.5, 0.6) is 0 Å². The maximum Gasteiger partial charge on any atom is 0.311 e. The van der Waals surface area contributed by atoms with Gasteiger partial charge in [-0.3, -0.25) is 14.4 Å². The summed E-state index contributed by atoms with van der Waals surface area (Å²) in [6.45, 7) is 9.16. The van der Waals surface area contributed by atoms with E-state index in [1.807, 2.05) is 33.8 Å². The Kier molecular flexibility index (Phi) is 7.18. The molecule has 0 radical (unpaired) electrons. The van der Waals surface area contributed by atoms with E-state index >= 15 is 0 Å². The van der Waals surface area contributed by atoms with Crippen LogP contribution in [0.3, 0.4) is 0 Å². The third-order valence-electron chi connectivity index (χ3n) is 5.06. The maximum atomic E-state index is 12.5. The number of esters is 1. The Balaban J connectivity index is 1.93. The zero-order valence-electron chi connectivity index (χ0n) is 16.9. The number of aromatic nitrogens is 1. The van der Waals surface area contributed by atoms with E-state index < -0.39 is 11.9 Å². The van der Waals surface area contributed by atoms with Gasteiger partial charge in [-0.25, -0.2) is 0 Å². The number of rotatable bonds is 9. The van der Waals surface area contributed by atoms with Gasteiger partial charge in [0.15, 0.2) is 6.61 Å². The molecule has 0 saturated carbocycles. The average Bonchev–Trinajstić information content (AvgIpc) is 3.14. The van der Waals surface area contributed by atoms with E-state index in [2.05, 4.69) is 4.57 Å². The molecule has 0 aliphatic carbocycles. The predicted molar refractivity (Wildman–Crippen MR) is 101 cm³/mol. The fourth-order valence-electron chi connectivity index (χ4n) is 3.52. The molecule has 1 amide bonds. The first-order valence-electron chi connectivity index (χ1n) is 9.41. The van der Waals surface area contributed by atoms with E-state index in [1.165, 1.54) is 0 Å². The molecular formula is C20H30N2O5. The number of amides is 1. The first-order valence-corrected chi connectivity index (χ1v) is 9.41. The first kappa shape index (κ1) is 21.2. The molecule has 1 saturated heterocycles. The van der Waals surface area contributed by atoms with Gasteiger partial charge in [-0.1, -0.05) is 0 Å². The van der Waals surface area contributed by atoms with Crippen molar-refractivity contribution in [2.45, 2.75) is 53.1 Å². The van der Waals surface area contributed by atoms with Gasteiger partial charge in [0.1, 0.15) is 0 Å². The fraction of sp³-hybridized carbons (Fsp3) is 0.650. The van der Waals surface area contributed by atoms with Crippen LogP contribution in [-0.4, -0.2) is 60.0 Å². The Morgan fingerprint density at radius 2 is 2.00 bits per heavy atom. The highest BCUT2D eigenvalue weighted by Crippen LogP contribution is 2.22. The van der Waals surface area contributed by atoms with Crippen LogP contribution in [-0.2, 0) is 25.6 Å². The molecule has 1 aliphatic rings. The summed E-state index contributed by atoms with van der Waals surface area (Å²) < 4.78 is 12.4. The molecule has 1 fully saturated rings. The van der Waals surface area contributed by atoms with Crippen molar-refractivity contribution in [3.8, 4) is 0 Å². The van der Waals surface area contributed by atoms with Crippen LogP contribution < -0.4 is 0 Å². The summed E-state index contributed by atoms with van der Waals surface area (Å²) >= 11 is 0. The Morgan fingerprint density at radius 3 is 2.59 bits per heavy atom. The van der Waals surface area contributed by atoms with Gasteiger partial charge in [-0.2, -0.15) is 0 Å². The number of hydrogen-bond donors (Lipinski definition) is 0. The van der Waals surface area contributed by atoms with Gasteiger partial charge in [0.05, 0.1) is 5.92 Å². The molecule has 27 heavy (non-hydrogen) atoms. The zero-order valence-corrected chi connectivity index (χ0v) is 16.9. The second-order valence-electron chi connectivity index (χ2n) is 7.35. The van der Waals surface area contributed by atoms with Crippen molar-refractivity contribution in [1.29, 1.82) is 0 Å². The summed E-state index contributed by atoms with van der Waals surface area (Å²) in [6, 6.07) is 1.89. The van der Waals surface area contributed by atoms with Gasteiger partial charge in [-0.15, -0.1) is 0 Å². The number of Topliss-reactive ketones (excluding diaryl/α,β-unsaturated/α-hetero) is 1. The van der Waals surface area contributed by atoms with Crippen molar-refractivity contribution >= 4 is 17.7 Å². The molecule has 0 N–H and O–H groups in total. The number of hydrogen-bond acceptors (Lipinski definition) is 5. The lowest BCUT2D eigenvalue weighted by Gasteiger charge is -2.20. The van der Waals surface area contributed by atoms with Gasteiger partial charge in [0.2, 0.25) is 11.7 Å². The van der Waals surface area contributed by atoms with E-state index in [0.29, 0.717) is 18.7 Å². The molecule has 0 bridgehead atoms. The van der Waals surface area contributed by atoms with E-state index in [9.17, 15) is 14.4 Å². The summed E-state index contributed by atoms with van der Waals surface area (Å²) in [5, 5.41) is 0. The average molecular weight is 378 g/mol. The summed E-state index contributed by atoms with van der Waals surface area (Å²) in [5.41, 5.74) is 2.43. The van der Waals surface area contributed by atoms with Crippen molar-refractivity contribution in [1.82, 2.24) is 9.47 Å². The lowest BCUT2D eigenvalue weighted by Crippen LogP contribution is -2.33. The lowest BCUT2D eigenvalue weighted by molar-refractivity contribution is -0.147. The van der Waals surface area contributed by atoms with E-state index in [0.717, 1.165) is 24.4 Å². The molecule has 7 nitrogen and oxygen atoms in total. The lowest BCUT2D eigenvalue weighted by atomic mass is 10.1. The molecule has 1 atom stereocenters. The first-order chi connectivity index (χ1) is 12.8. The second kappa shape index (κ2) is 9.17. The largest absolute Gasteiger partial charge is 0.457 e. The van der Waals surface area contributed by atoms with Crippen LogP contribution in [0.15, 0.2) is 6.07 Å². The van der Waals surface area contributed by atoms with Crippen LogP contribution in [0, 0.1) is 19.8 Å². The molecule has 0 spiro atoms. The van der Waals surface area contributed by atoms with Gasteiger partial charge in [0, 0.05) is 56.2 Å². The van der Waals surface area contributed by atoms with Crippen LogP contribution in [0.2, 0.25) is 0 Å². The van der Waals surface area contributed by atoms with Gasteiger partial charge in [0.25, 0.3) is 0 Å². The molecular weight excluding hydrogens is 348 g/mol. The highest BCUT2D eigenvalue weighted by atomic mass is 16.5. The van der Waals surface area contributed by atoms with Crippen LogP contribution in [0.1, 0.15) is 48.4 Å². The van der Waals surface area contributed by atoms with E-state index in [4.69, 9.17) is 9.47 Å². The normalized spacial score (nSPS) is 17.0. The summed E-state index contributed by atoms with van der Waals surface area (Å²) in [7, 11) is 1.66. The van der Waals surface area contributed by atoms with E-state index in [-0.39, 0.29) is 30.8 Å². The number of aryl methyl sites for hydroxylation is 1. The minimum absolute atomic E-state index is 0.0436. The molecule has 1 unspecified atom stereocenters. The number of carbonyl (C=O) groups excluding carboxylic acids is 3. The topological polar surface area (TPSA) is 77.8 Å². The Labute approximate surface area is 160 Å². The highest BCUT2D eigenvalue weighted by molar-refractivity contribution is 5.99. The van der Waals surface area contributed by atoms with Gasteiger partial charge < -0.3 is 18.9 Å². The third-order valence-corrected chi connectivity index (χ3v) is 5.06. The summed E-state index contributed by atoms with van der Waals surface area (Å²) in [6.07, 6.45) is 1.01. The highest BCUT2D eigenvalue weighted by Gasteiger charge is 2.36. The number of ketones is 1. The molecule has 1 aromatic rings. The number of methoxy groups -OCH3 is 1. The predicted octanol–water partition coefficient (Wildman–Crippen LogP) is 2.12. The SMILES string of the molecule is COCCCn1c(C)cc(C(=O)COC(=O)C2CC(=O)N(C(C)C)C2)c1C. The summed E-state index contributed by atoms with van der Waals surface area (Å²) in [5.74, 6) is -1.24. The smallest absolute Gasteiger partial charge is 0.311 e. The van der Waals surface area contributed by atoms with Crippen molar-refractivity contribution in [3.05, 3.63) is 23.0 Å². The number of nitrogens with zero attached hydrogens (tertiary/aromatic N) is 2. The fourth-order valence-corrected chi connectivity index (χ4v) is 3.52. The molecule has 1 aliphatic heterocycles. The summed E-state index contributed by atoms with van der Waals surface area (Å²) in [4.78, 5) is 38.4. The van der Waals surface area contributed by atoms with Crippen LogP contribution in [0.4, 0.5) is 0 Å². The maximum absolute atomic E-state index is 12.5. The molecule has 0 aromatic carbocycles. The molecule has 1 aromatic heterocycles. The monoisotopic (exact) mass is 378 g/mol. The minimum atomic E-state index is -0.492. The molecule has 2 rings (SSSR count). The quantitative estimate of drug-likeness (QED) is 0.374. The Hall–Kier alpha value is -2.15. The molecule has 2 heterocycles. The van der Waals surface area contributed by atoms with Crippen LogP contribution in [0.25, 0.3) is 0 Å². The van der Waals surface area contributed by atoms with Crippen molar-refractivity contribution in [2.75, 3.05) is 26.9 Å². The van der Waals surface area contributed by atoms with E-state index in [1.54, 1.807) is 12.0 Å². The van der Waals surface area contributed by atoms with Crippen LogP contribution >= 0.6 is 0 Å². The Morgan fingerprint density at radius 1 is 1.30 bits per heavy atom. The van der Waals surface area contributed by atoms with Crippen molar-refractivity contribution < 1.29 is 23.9 Å². The number of ether oxygens (including phenoxy) is 2. The number of likely N-dealkylation sites (tertiary alicyclic amines) is 1. The number of carbonyl (C=O) groups is 3. The zero-order chi connectivity index (χ0) is 20.1. The molecule has 150 valence electrons. The third kappa shape index (κ3) is 4.97. The standard InChI is InChI=1S/C20H30N2O5/c1-13(2)22-11-16(10-19(22)24)20(25)27-12-18(23)17-9-14(3)21(15(17)4)7-6-8-26-5/h9,13,16H,6-8,10-12H2,1-5H3. The van der Waals surface area contributed by atoms with Gasteiger partial charge >= 0.3 is 5.97 Å².